The maximum absolute atomic E-state index is 12.0. The Morgan fingerprint density at radius 1 is 1.24 bits per heavy atom. The molecule has 0 aliphatic carbocycles. The molecule has 0 aliphatic rings. The van der Waals surface area contributed by atoms with Crippen LogP contribution in [0.3, 0.4) is 0 Å². The summed E-state index contributed by atoms with van der Waals surface area (Å²) >= 11 is 3.25. The van der Waals surface area contributed by atoms with Crippen LogP contribution < -0.4 is 5.32 Å². The summed E-state index contributed by atoms with van der Waals surface area (Å²) in [5.41, 5.74) is 0.935. The lowest BCUT2D eigenvalue weighted by atomic mass is 10.2. The molecule has 5 nitrogen and oxygen atoms in total. The number of amides is 1. The van der Waals surface area contributed by atoms with Crippen molar-refractivity contribution in [3.05, 3.63) is 52.8 Å². The van der Waals surface area contributed by atoms with Gasteiger partial charge in [-0.1, -0.05) is 6.92 Å². The number of aromatic nitrogens is 1. The van der Waals surface area contributed by atoms with Crippen LogP contribution >= 0.6 is 15.9 Å². The summed E-state index contributed by atoms with van der Waals surface area (Å²) in [5, 5.41) is 2.69. The van der Waals surface area contributed by atoms with Crippen molar-refractivity contribution in [1.29, 1.82) is 0 Å². The first kappa shape index (κ1) is 15.7. The Bertz CT molecular complexity index is 758. The van der Waals surface area contributed by atoms with Gasteiger partial charge in [0.15, 0.2) is 9.84 Å². The smallest absolute Gasteiger partial charge is 0.257 e. The average molecular weight is 369 g/mol. The Kier molecular flexibility index (Phi) is 4.74. The van der Waals surface area contributed by atoms with Gasteiger partial charge in [0.05, 0.1) is 16.2 Å². The summed E-state index contributed by atoms with van der Waals surface area (Å²) in [5.74, 6) is -0.266. The second-order valence-corrected chi connectivity index (χ2v) is 7.47. The van der Waals surface area contributed by atoms with Gasteiger partial charge >= 0.3 is 0 Å². The van der Waals surface area contributed by atoms with E-state index < -0.39 is 9.84 Å². The van der Waals surface area contributed by atoms with E-state index >= 15 is 0 Å². The molecule has 1 N–H and O–H groups in total. The van der Waals surface area contributed by atoms with E-state index in [4.69, 9.17) is 0 Å². The first-order valence-electron chi connectivity index (χ1n) is 6.17. The summed E-state index contributed by atoms with van der Waals surface area (Å²) in [7, 11) is -3.23. The Morgan fingerprint density at radius 3 is 2.48 bits per heavy atom. The molecule has 0 aliphatic heterocycles. The first-order valence-corrected chi connectivity index (χ1v) is 8.61. The molecule has 1 aromatic carbocycles. The summed E-state index contributed by atoms with van der Waals surface area (Å²) in [6, 6.07) is 7.73. The lowest BCUT2D eigenvalue weighted by Crippen LogP contribution is -2.12. The number of hydrogen-bond acceptors (Lipinski definition) is 4. The number of sulfone groups is 1. The molecule has 1 heterocycles. The zero-order valence-corrected chi connectivity index (χ0v) is 13.6. The summed E-state index contributed by atoms with van der Waals surface area (Å²) in [6.07, 6.45) is 3.04. The van der Waals surface area contributed by atoms with Crippen molar-refractivity contribution in [2.24, 2.45) is 0 Å². The number of hydrogen-bond donors (Lipinski definition) is 1. The van der Waals surface area contributed by atoms with Crippen LogP contribution in [-0.2, 0) is 9.84 Å². The lowest BCUT2D eigenvalue weighted by Gasteiger charge is -2.06. The minimum Gasteiger partial charge on any atom is -0.322 e. The molecule has 21 heavy (non-hydrogen) atoms. The van der Waals surface area contributed by atoms with Crippen molar-refractivity contribution >= 4 is 37.4 Å². The third-order valence-electron chi connectivity index (χ3n) is 2.82. The molecule has 0 bridgehead atoms. The molecule has 0 saturated carbocycles. The zero-order valence-electron chi connectivity index (χ0n) is 11.2. The van der Waals surface area contributed by atoms with Crippen molar-refractivity contribution in [3.63, 3.8) is 0 Å². The predicted molar refractivity (Wildman–Crippen MR) is 84.1 cm³/mol. The van der Waals surface area contributed by atoms with Gasteiger partial charge in [-0.3, -0.25) is 9.78 Å². The van der Waals surface area contributed by atoms with Crippen LogP contribution in [0, 0.1) is 0 Å². The maximum atomic E-state index is 12.0. The molecule has 110 valence electrons. The number of benzene rings is 1. The summed E-state index contributed by atoms with van der Waals surface area (Å²) in [4.78, 5) is 16.2. The van der Waals surface area contributed by atoms with Crippen LogP contribution in [0.2, 0.25) is 0 Å². The fourth-order valence-electron chi connectivity index (χ4n) is 1.65. The van der Waals surface area contributed by atoms with Gasteiger partial charge in [0, 0.05) is 22.6 Å². The third-order valence-corrected chi connectivity index (χ3v) is 5.00. The SMILES string of the molecule is CCS(=O)(=O)c1ccc(NC(=O)c2cncc(Br)c2)cc1. The van der Waals surface area contributed by atoms with Crippen molar-refractivity contribution in [2.75, 3.05) is 11.1 Å². The molecular formula is C14H13BrN2O3S. The highest BCUT2D eigenvalue weighted by Crippen LogP contribution is 2.17. The van der Waals surface area contributed by atoms with Crippen LogP contribution in [-0.4, -0.2) is 25.1 Å². The van der Waals surface area contributed by atoms with Crippen LogP contribution in [0.5, 0.6) is 0 Å². The van der Waals surface area contributed by atoms with Crippen molar-refractivity contribution in [1.82, 2.24) is 4.98 Å². The van der Waals surface area contributed by atoms with E-state index in [0.717, 1.165) is 0 Å². The number of halogens is 1. The van der Waals surface area contributed by atoms with E-state index in [1.54, 1.807) is 31.3 Å². The molecule has 0 saturated heterocycles. The predicted octanol–water partition coefficient (Wildman–Crippen LogP) is 2.89. The number of anilines is 1. The molecule has 1 amide bonds. The monoisotopic (exact) mass is 368 g/mol. The highest BCUT2D eigenvalue weighted by molar-refractivity contribution is 9.10. The van der Waals surface area contributed by atoms with Crippen LogP contribution in [0.15, 0.2) is 52.1 Å². The number of nitrogens with zero attached hydrogens (tertiary/aromatic N) is 1. The van der Waals surface area contributed by atoms with E-state index in [-0.39, 0.29) is 16.6 Å². The Balaban J connectivity index is 2.16. The molecule has 7 heteroatoms. The van der Waals surface area contributed by atoms with E-state index in [0.29, 0.717) is 15.7 Å². The first-order chi connectivity index (χ1) is 9.92. The van der Waals surface area contributed by atoms with E-state index in [1.165, 1.54) is 18.3 Å². The molecule has 2 aromatic rings. The molecule has 0 radical (unpaired) electrons. The fourth-order valence-corrected chi connectivity index (χ4v) is 2.90. The summed E-state index contributed by atoms with van der Waals surface area (Å²) < 4.78 is 24.1. The van der Waals surface area contributed by atoms with Crippen LogP contribution in [0.1, 0.15) is 17.3 Å². The van der Waals surface area contributed by atoms with Gasteiger partial charge in [-0.2, -0.15) is 0 Å². The Hall–Kier alpha value is -1.73. The largest absolute Gasteiger partial charge is 0.322 e. The molecule has 1 aromatic heterocycles. The number of pyridine rings is 1. The Labute approximate surface area is 131 Å². The van der Waals surface area contributed by atoms with Gasteiger partial charge < -0.3 is 5.32 Å². The zero-order chi connectivity index (χ0) is 15.5. The van der Waals surface area contributed by atoms with Gasteiger partial charge in [-0.15, -0.1) is 0 Å². The van der Waals surface area contributed by atoms with Gasteiger partial charge in [-0.05, 0) is 46.3 Å². The second-order valence-electron chi connectivity index (χ2n) is 4.27. The van der Waals surface area contributed by atoms with Gasteiger partial charge in [0.25, 0.3) is 5.91 Å². The van der Waals surface area contributed by atoms with E-state index in [9.17, 15) is 13.2 Å². The normalized spacial score (nSPS) is 11.1. The molecule has 0 fully saturated rings. The Morgan fingerprint density at radius 2 is 1.90 bits per heavy atom. The van der Waals surface area contributed by atoms with Crippen molar-refractivity contribution < 1.29 is 13.2 Å². The minimum atomic E-state index is -3.23. The molecule has 0 spiro atoms. The molecule has 0 atom stereocenters. The van der Waals surface area contributed by atoms with Crippen molar-refractivity contribution in [3.8, 4) is 0 Å². The quantitative estimate of drug-likeness (QED) is 0.899. The second kappa shape index (κ2) is 6.36. The summed E-state index contributed by atoms with van der Waals surface area (Å²) in [6.45, 7) is 1.59. The lowest BCUT2D eigenvalue weighted by molar-refractivity contribution is 0.102. The number of rotatable bonds is 4. The highest BCUT2D eigenvalue weighted by atomic mass is 79.9. The molecule has 2 rings (SSSR count). The van der Waals surface area contributed by atoms with Gasteiger partial charge in [0.1, 0.15) is 0 Å². The van der Waals surface area contributed by atoms with Crippen LogP contribution in [0.25, 0.3) is 0 Å². The number of carbonyl (C=O) groups excluding carboxylic acids is 1. The fraction of sp³-hybridized carbons (Fsp3) is 0.143. The minimum absolute atomic E-state index is 0.0441. The van der Waals surface area contributed by atoms with E-state index in [1.807, 2.05) is 0 Å². The maximum Gasteiger partial charge on any atom is 0.257 e. The van der Waals surface area contributed by atoms with E-state index in [2.05, 4.69) is 26.2 Å². The van der Waals surface area contributed by atoms with Gasteiger partial charge in [0.2, 0.25) is 0 Å². The standard InChI is InChI=1S/C14H13BrN2O3S/c1-2-21(19,20)13-5-3-12(4-6-13)17-14(18)10-7-11(15)9-16-8-10/h3-9H,2H2,1H3,(H,17,18). The van der Waals surface area contributed by atoms with Crippen LogP contribution in [0.4, 0.5) is 5.69 Å². The third kappa shape index (κ3) is 3.89. The molecule has 0 unspecified atom stereocenters. The molecular weight excluding hydrogens is 356 g/mol. The topological polar surface area (TPSA) is 76.1 Å². The average Bonchev–Trinajstić information content (AvgIpc) is 2.48. The van der Waals surface area contributed by atoms with Crippen molar-refractivity contribution in [2.45, 2.75) is 11.8 Å². The van der Waals surface area contributed by atoms with Gasteiger partial charge in [-0.25, -0.2) is 8.42 Å². The number of nitrogens with one attached hydrogen (secondary N) is 1. The number of carbonyl (C=O) groups is 1. The highest BCUT2D eigenvalue weighted by Gasteiger charge is 2.12.